The number of piperazine rings is 1. The Morgan fingerprint density at radius 1 is 1.38 bits per heavy atom. The summed E-state index contributed by atoms with van der Waals surface area (Å²) in [6.07, 6.45) is -2.84. The van der Waals surface area contributed by atoms with Crippen molar-refractivity contribution in [3.63, 3.8) is 0 Å². The molecule has 3 heterocycles. The van der Waals surface area contributed by atoms with Gasteiger partial charge in [0, 0.05) is 39.3 Å². The van der Waals surface area contributed by atoms with E-state index in [1.165, 1.54) is 28.5 Å². The standard InChI is InChI=1S/C22H27F3N6OS2/c1-14-21(34-15(2)29-14)18(26-4)12-33-13-28-20-6-5-17(9-27-20)10-31-8-7-30(16(3)32)11-19(31)22(23,24)25/h5-6,9,12,19H,4,7-8,10-11,13H2,1-3H3,(H,27,28)/b18-12-. The van der Waals surface area contributed by atoms with Gasteiger partial charge in [0.25, 0.3) is 0 Å². The number of alkyl halides is 3. The molecule has 1 aliphatic heterocycles. The van der Waals surface area contributed by atoms with Gasteiger partial charge in [-0.25, -0.2) is 9.97 Å². The van der Waals surface area contributed by atoms with Crippen LogP contribution in [0.1, 0.15) is 28.1 Å². The first-order valence-electron chi connectivity index (χ1n) is 10.6. The van der Waals surface area contributed by atoms with Gasteiger partial charge in [-0.2, -0.15) is 13.2 Å². The monoisotopic (exact) mass is 512 g/mol. The van der Waals surface area contributed by atoms with E-state index in [1.807, 2.05) is 19.3 Å². The van der Waals surface area contributed by atoms with Crippen LogP contribution in [0.5, 0.6) is 0 Å². The molecule has 7 nitrogen and oxygen atoms in total. The lowest BCUT2D eigenvalue weighted by atomic mass is 10.1. The van der Waals surface area contributed by atoms with Crippen LogP contribution in [-0.4, -0.2) is 70.1 Å². The number of aryl methyl sites for hydroxylation is 2. The lowest BCUT2D eigenvalue weighted by Crippen LogP contribution is -2.59. The van der Waals surface area contributed by atoms with Gasteiger partial charge in [0.05, 0.1) is 27.2 Å². The topological polar surface area (TPSA) is 73.7 Å². The van der Waals surface area contributed by atoms with Gasteiger partial charge in [0.2, 0.25) is 5.91 Å². The quantitative estimate of drug-likeness (QED) is 0.318. The number of nitrogens with zero attached hydrogens (tertiary/aromatic N) is 5. The highest BCUT2D eigenvalue weighted by Gasteiger charge is 2.46. The minimum Gasteiger partial charge on any atom is -0.361 e. The molecule has 1 N–H and O–H groups in total. The van der Waals surface area contributed by atoms with E-state index >= 15 is 0 Å². The molecule has 0 aromatic carbocycles. The van der Waals surface area contributed by atoms with Gasteiger partial charge in [-0.3, -0.25) is 14.7 Å². The van der Waals surface area contributed by atoms with E-state index < -0.39 is 12.2 Å². The number of carbonyl (C=O) groups excluding carboxylic acids is 1. The van der Waals surface area contributed by atoms with Gasteiger partial charge < -0.3 is 10.2 Å². The van der Waals surface area contributed by atoms with Crippen LogP contribution >= 0.6 is 23.1 Å². The molecule has 0 bridgehead atoms. The molecule has 1 unspecified atom stereocenters. The summed E-state index contributed by atoms with van der Waals surface area (Å²) in [7, 11) is 0. The number of thioether (sulfide) groups is 1. The first-order chi connectivity index (χ1) is 16.1. The molecule has 1 saturated heterocycles. The Labute approximate surface area is 205 Å². The first kappa shape index (κ1) is 26.2. The number of rotatable bonds is 8. The van der Waals surface area contributed by atoms with Crippen LogP contribution in [0, 0.1) is 13.8 Å². The number of hydrogen-bond acceptors (Lipinski definition) is 8. The van der Waals surface area contributed by atoms with Crippen molar-refractivity contribution in [1.82, 2.24) is 19.8 Å². The van der Waals surface area contributed by atoms with E-state index in [-0.39, 0.29) is 32.1 Å². The summed E-state index contributed by atoms with van der Waals surface area (Å²) in [4.78, 5) is 28.0. The van der Waals surface area contributed by atoms with Gasteiger partial charge in [-0.1, -0.05) is 6.07 Å². The maximum atomic E-state index is 13.6. The van der Waals surface area contributed by atoms with E-state index in [0.717, 1.165) is 21.3 Å². The van der Waals surface area contributed by atoms with Crippen LogP contribution in [0.4, 0.5) is 19.0 Å². The van der Waals surface area contributed by atoms with Gasteiger partial charge in [0.15, 0.2) is 0 Å². The average molecular weight is 513 g/mol. The predicted octanol–water partition coefficient (Wildman–Crippen LogP) is 4.55. The normalized spacial score (nSPS) is 17.6. The summed E-state index contributed by atoms with van der Waals surface area (Å²) in [6.45, 7) is 9.02. The minimum absolute atomic E-state index is 0.114. The van der Waals surface area contributed by atoms with Crippen molar-refractivity contribution in [3.8, 4) is 0 Å². The Kier molecular flexibility index (Phi) is 8.72. The second-order valence-corrected chi connectivity index (χ2v) is 9.90. The number of thiazole rings is 1. The Bertz CT molecular complexity index is 1040. The number of aliphatic imine (C=N–C) groups is 1. The smallest absolute Gasteiger partial charge is 0.361 e. The predicted molar refractivity (Wildman–Crippen MR) is 132 cm³/mol. The van der Waals surface area contributed by atoms with E-state index in [4.69, 9.17) is 0 Å². The van der Waals surface area contributed by atoms with Crippen molar-refractivity contribution in [2.24, 2.45) is 4.99 Å². The number of aromatic nitrogens is 2. The Morgan fingerprint density at radius 3 is 2.71 bits per heavy atom. The van der Waals surface area contributed by atoms with Gasteiger partial charge >= 0.3 is 6.18 Å². The van der Waals surface area contributed by atoms with E-state index in [1.54, 1.807) is 29.7 Å². The largest absolute Gasteiger partial charge is 0.405 e. The highest BCUT2D eigenvalue weighted by Crippen LogP contribution is 2.30. The van der Waals surface area contributed by atoms with Crippen LogP contribution in [0.2, 0.25) is 0 Å². The fourth-order valence-corrected chi connectivity index (χ4v) is 5.27. The maximum Gasteiger partial charge on any atom is 0.405 e. The molecule has 0 radical (unpaired) electrons. The number of halogens is 3. The molecule has 1 fully saturated rings. The highest BCUT2D eigenvalue weighted by molar-refractivity contribution is 8.02. The molecule has 0 spiro atoms. The molecule has 184 valence electrons. The van der Waals surface area contributed by atoms with Crippen molar-refractivity contribution in [3.05, 3.63) is 44.9 Å². The molecule has 2 aromatic rings. The molecular weight excluding hydrogens is 485 g/mol. The lowest BCUT2D eigenvalue weighted by Gasteiger charge is -2.41. The molecule has 0 aliphatic carbocycles. The van der Waals surface area contributed by atoms with Gasteiger partial charge in [-0.15, -0.1) is 23.1 Å². The van der Waals surface area contributed by atoms with E-state index in [9.17, 15) is 18.0 Å². The molecule has 34 heavy (non-hydrogen) atoms. The maximum absolute atomic E-state index is 13.6. The Hall–Kier alpha value is -2.44. The molecule has 1 atom stereocenters. The first-order valence-corrected chi connectivity index (χ1v) is 12.4. The summed E-state index contributed by atoms with van der Waals surface area (Å²) in [5.74, 6) is 0.814. The van der Waals surface area contributed by atoms with Crippen molar-refractivity contribution >= 4 is 47.2 Å². The zero-order valence-electron chi connectivity index (χ0n) is 19.2. The summed E-state index contributed by atoms with van der Waals surface area (Å²) < 4.78 is 40.7. The second-order valence-electron chi connectivity index (χ2n) is 7.84. The molecule has 12 heteroatoms. The van der Waals surface area contributed by atoms with Crippen LogP contribution in [-0.2, 0) is 11.3 Å². The van der Waals surface area contributed by atoms with E-state index in [2.05, 4.69) is 27.0 Å². The fraction of sp³-hybridized carbons (Fsp3) is 0.455. The molecule has 1 aliphatic rings. The van der Waals surface area contributed by atoms with Crippen LogP contribution in [0.25, 0.3) is 5.70 Å². The minimum atomic E-state index is -4.41. The Morgan fingerprint density at radius 2 is 2.15 bits per heavy atom. The number of amides is 1. The number of hydrogen-bond donors (Lipinski definition) is 1. The molecule has 2 aromatic heterocycles. The van der Waals surface area contributed by atoms with Crippen molar-refractivity contribution in [2.45, 2.75) is 39.5 Å². The Balaban J connectivity index is 1.55. The van der Waals surface area contributed by atoms with Crippen molar-refractivity contribution in [1.29, 1.82) is 0 Å². The zero-order chi connectivity index (χ0) is 24.9. The highest BCUT2D eigenvalue weighted by atomic mass is 32.2. The summed E-state index contributed by atoms with van der Waals surface area (Å²) in [5, 5.41) is 6.05. The van der Waals surface area contributed by atoms with Crippen LogP contribution in [0.3, 0.4) is 0 Å². The van der Waals surface area contributed by atoms with Gasteiger partial charge in [0.1, 0.15) is 11.9 Å². The van der Waals surface area contributed by atoms with Gasteiger partial charge in [-0.05, 0) is 37.6 Å². The third-order valence-electron chi connectivity index (χ3n) is 5.36. The SMILES string of the molecule is C=N/C(=C\SCNc1ccc(CN2CCN(C(C)=O)CC2C(F)(F)F)cn1)c1sc(C)nc1C. The molecule has 3 rings (SSSR count). The van der Waals surface area contributed by atoms with Crippen molar-refractivity contribution < 1.29 is 18.0 Å². The fourth-order valence-electron chi connectivity index (χ4n) is 3.63. The van der Waals surface area contributed by atoms with Crippen molar-refractivity contribution in [2.75, 3.05) is 30.8 Å². The zero-order valence-corrected chi connectivity index (χ0v) is 20.9. The van der Waals surface area contributed by atoms with E-state index in [0.29, 0.717) is 17.3 Å². The number of carbonyl (C=O) groups is 1. The third-order valence-corrected chi connectivity index (χ3v) is 7.16. The summed E-state index contributed by atoms with van der Waals surface area (Å²) in [6, 6.07) is 1.82. The van der Waals surface area contributed by atoms with Crippen LogP contribution in [0.15, 0.2) is 28.7 Å². The number of pyridine rings is 1. The lowest BCUT2D eigenvalue weighted by molar-refractivity contribution is -0.199. The summed E-state index contributed by atoms with van der Waals surface area (Å²) in [5.41, 5.74) is 2.36. The number of anilines is 1. The molecule has 1 amide bonds. The third kappa shape index (κ3) is 6.80. The second kappa shape index (κ2) is 11.3. The summed E-state index contributed by atoms with van der Waals surface area (Å²) >= 11 is 3.07. The van der Waals surface area contributed by atoms with Crippen LogP contribution < -0.4 is 5.32 Å². The molecular formula is C22H27F3N6OS2. The molecule has 0 saturated carbocycles. The number of nitrogens with one attached hydrogen (secondary N) is 1. The average Bonchev–Trinajstić information content (AvgIpc) is 3.12.